The van der Waals surface area contributed by atoms with Crippen LogP contribution in [0.2, 0.25) is 0 Å². The highest BCUT2D eigenvalue weighted by Crippen LogP contribution is 2.35. The first-order chi connectivity index (χ1) is 12.7. The van der Waals surface area contributed by atoms with Crippen LogP contribution in [0.1, 0.15) is 11.1 Å². The second-order valence-electron chi connectivity index (χ2n) is 5.89. The summed E-state index contributed by atoms with van der Waals surface area (Å²) in [6.07, 6.45) is 3.09. The fraction of sp³-hybridized carbons (Fsp3) is 0.100. The van der Waals surface area contributed by atoms with Crippen LogP contribution in [0, 0.1) is 5.82 Å². The molecule has 0 radical (unpaired) electrons. The van der Waals surface area contributed by atoms with E-state index in [0.29, 0.717) is 0 Å². The second-order valence-corrected chi connectivity index (χ2v) is 6.72. The normalized spacial score (nSPS) is 15.8. The molecule has 4 nitrogen and oxygen atoms in total. The first-order valence-corrected chi connectivity index (χ1v) is 9.11. The van der Waals surface area contributed by atoms with Crippen molar-refractivity contribution >= 4 is 40.3 Å². The molecule has 2 aliphatic heterocycles. The predicted molar refractivity (Wildman–Crippen MR) is 105 cm³/mol. The predicted octanol–water partition coefficient (Wildman–Crippen LogP) is 4.19. The number of carbonyl (C=O) groups excluding carboxylic acids is 1. The van der Waals surface area contributed by atoms with Crippen LogP contribution in [-0.4, -0.2) is 29.1 Å². The van der Waals surface area contributed by atoms with Gasteiger partial charge in [-0.25, -0.2) is 4.39 Å². The van der Waals surface area contributed by atoms with Gasteiger partial charge in [-0.3, -0.25) is 9.79 Å². The van der Waals surface area contributed by atoms with Crippen LogP contribution in [0.3, 0.4) is 0 Å². The zero-order valence-corrected chi connectivity index (χ0v) is 14.7. The summed E-state index contributed by atoms with van der Waals surface area (Å²) in [5.41, 5.74) is 3.75. The third-order valence-corrected chi connectivity index (χ3v) is 5.02. The Balaban J connectivity index is 1.39. The van der Waals surface area contributed by atoms with Crippen LogP contribution in [-0.2, 0) is 4.79 Å². The molecule has 0 unspecified atom stereocenters. The number of fused-ring (bicyclic) bond motifs is 1. The van der Waals surface area contributed by atoms with Crippen molar-refractivity contribution in [3.8, 4) is 0 Å². The number of halogens is 1. The molecule has 2 heterocycles. The maximum atomic E-state index is 12.9. The molecule has 0 saturated heterocycles. The number of anilines is 1. The molecule has 0 aromatic heterocycles. The number of nitrogens with one attached hydrogen (secondary N) is 1. The van der Waals surface area contributed by atoms with Crippen LogP contribution in [0.5, 0.6) is 0 Å². The summed E-state index contributed by atoms with van der Waals surface area (Å²) in [7, 11) is 0. The number of nitrogens with zero attached hydrogens (tertiary/aromatic N) is 2. The number of carbonyl (C=O) groups is 1. The van der Waals surface area contributed by atoms with Gasteiger partial charge in [0.1, 0.15) is 5.82 Å². The maximum Gasteiger partial charge on any atom is 0.248 e. The van der Waals surface area contributed by atoms with Gasteiger partial charge < -0.3 is 10.2 Å². The lowest BCUT2D eigenvalue weighted by Crippen LogP contribution is -2.19. The Labute approximate surface area is 155 Å². The summed E-state index contributed by atoms with van der Waals surface area (Å²) in [5, 5.41) is 5.99. The lowest BCUT2D eigenvalue weighted by atomic mass is 10.1. The van der Waals surface area contributed by atoms with Gasteiger partial charge in [-0.15, -0.1) is 0 Å². The Morgan fingerprint density at radius 1 is 1.15 bits per heavy atom. The van der Waals surface area contributed by atoms with Crippen LogP contribution >= 0.6 is 11.8 Å². The number of rotatable bonds is 4. The van der Waals surface area contributed by atoms with Gasteiger partial charge in [0, 0.05) is 23.7 Å². The van der Waals surface area contributed by atoms with E-state index in [2.05, 4.69) is 20.6 Å². The summed E-state index contributed by atoms with van der Waals surface area (Å²) >= 11 is 1.65. The number of thioether (sulfide) groups is 1. The van der Waals surface area contributed by atoms with E-state index < -0.39 is 0 Å². The van der Waals surface area contributed by atoms with Gasteiger partial charge in [-0.2, -0.15) is 0 Å². The molecule has 4 rings (SSSR count). The molecule has 6 heteroatoms. The van der Waals surface area contributed by atoms with Crippen molar-refractivity contribution in [1.82, 2.24) is 4.90 Å². The van der Waals surface area contributed by atoms with Gasteiger partial charge in [0.05, 0.1) is 12.2 Å². The fourth-order valence-corrected chi connectivity index (χ4v) is 3.76. The molecule has 130 valence electrons. The summed E-state index contributed by atoms with van der Waals surface area (Å²) < 4.78 is 12.9. The molecule has 0 saturated carbocycles. The molecule has 2 aromatic rings. The van der Waals surface area contributed by atoms with Crippen molar-refractivity contribution < 1.29 is 9.18 Å². The summed E-state index contributed by atoms with van der Waals surface area (Å²) in [5.74, 6) is -0.526. The van der Waals surface area contributed by atoms with E-state index in [1.807, 2.05) is 24.3 Å². The highest BCUT2D eigenvalue weighted by molar-refractivity contribution is 8.16. The fourth-order valence-electron chi connectivity index (χ4n) is 2.80. The van der Waals surface area contributed by atoms with Crippen LogP contribution < -0.4 is 5.32 Å². The first-order valence-electron chi connectivity index (χ1n) is 8.23. The van der Waals surface area contributed by atoms with Crippen molar-refractivity contribution in [2.75, 3.05) is 18.4 Å². The van der Waals surface area contributed by atoms with E-state index in [4.69, 9.17) is 0 Å². The lowest BCUT2D eigenvalue weighted by molar-refractivity contribution is -0.111. The molecule has 1 amide bonds. The number of benzene rings is 2. The van der Waals surface area contributed by atoms with Crippen LogP contribution in [0.4, 0.5) is 10.1 Å². The monoisotopic (exact) mass is 365 g/mol. The van der Waals surface area contributed by atoms with Crippen molar-refractivity contribution in [2.24, 2.45) is 4.99 Å². The first kappa shape index (κ1) is 16.6. The van der Waals surface area contributed by atoms with Crippen molar-refractivity contribution in [3.05, 3.63) is 77.0 Å². The number of hydrogen-bond donors (Lipinski definition) is 1. The average molecular weight is 365 g/mol. The molecule has 2 aromatic carbocycles. The molecular formula is C20H16FN3OS. The third-order valence-electron chi connectivity index (χ3n) is 4.11. The quantitative estimate of drug-likeness (QED) is 0.826. The summed E-state index contributed by atoms with van der Waals surface area (Å²) in [6.45, 7) is 1.76. The summed E-state index contributed by atoms with van der Waals surface area (Å²) in [6, 6.07) is 13.7. The lowest BCUT2D eigenvalue weighted by Gasteiger charge is -2.16. The van der Waals surface area contributed by atoms with Crippen molar-refractivity contribution in [3.63, 3.8) is 0 Å². The Kier molecular flexibility index (Phi) is 4.58. The SMILES string of the molecule is O=C(/C=C/c1ccc(F)cc1)Nc1ccc(C2=CSC3=NCCN23)cc1. The van der Waals surface area contributed by atoms with Gasteiger partial charge >= 0.3 is 0 Å². The zero-order chi connectivity index (χ0) is 17.9. The maximum absolute atomic E-state index is 12.9. The number of amides is 1. The highest BCUT2D eigenvalue weighted by atomic mass is 32.2. The molecule has 0 spiro atoms. The van der Waals surface area contributed by atoms with Gasteiger partial charge in [0.2, 0.25) is 5.91 Å². The van der Waals surface area contributed by atoms with Crippen molar-refractivity contribution in [1.29, 1.82) is 0 Å². The smallest absolute Gasteiger partial charge is 0.248 e. The van der Waals surface area contributed by atoms with E-state index in [-0.39, 0.29) is 11.7 Å². The summed E-state index contributed by atoms with van der Waals surface area (Å²) in [4.78, 5) is 18.7. The highest BCUT2D eigenvalue weighted by Gasteiger charge is 2.26. The topological polar surface area (TPSA) is 44.7 Å². The molecule has 26 heavy (non-hydrogen) atoms. The Bertz CT molecular complexity index is 917. The largest absolute Gasteiger partial charge is 0.323 e. The number of aliphatic imine (C=N–C) groups is 1. The molecule has 0 aliphatic carbocycles. The van der Waals surface area contributed by atoms with Gasteiger partial charge in [0.25, 0.3) is 0 Å². The Hall–Kier alpha value is -2.86. The van der Waals surface area contributed by atoms with E-state index in [0.717, 1.165) is 40.8 Å². The van der Waals surface area contributed by atoms with E-state index >= 15 is 0 Å². The minimum atomic E-state index is -0.296. The third kappa shape index (κ3) is 3.55. The molecular weight excluding hydrogens is 349 g/mol. The van der Waals surface area contributed by atoms with E-state index in [9.17, 15) is 9.18 Å². The average Bonchev–Trinajstić information content (AvgIpc) is 3.26. The Morgan fingerprint density at radius 2 is 1.92 bits per heavy atom. The second kappa shape index (κ2) is 7.17. The van der Waals surface area contributed by atoms with E-state index in [1.165, 1.54) is 18.2 Å². The molecule has 1 N–H and O–H groups in total. The van der Waals surface area contributed by atoms with E-state index in [1.54, 1.807) is 30.0 Å². The zero-order valence-electron chi connectivity index (χ0n) is 13.9. The molecule has 0 atom stereocenters. The van der Waals surface area contributed by atoms with Crippen LogP contribution in [0.15, 0.2) is 65.0 Å². The standard InChI is InChI=1S/C20H16FN3OS/c21-16-6-1-14(2-7-16)3-10-19(25)23-17-8-4-15(5-9-17)18-13-26-20-22-11-12-24(18)20/h1-10,13H,11-12H2,(H,23,25)/b10-3+. The van der Waals surface area contributed by atoms with Gasteiger partial charge in [-0.05, 0) is 41.5 Å². The van der Waals surface area contributed by atoms with Crippen LogP contribution in [0.25, 0.3) is 11.8 Å². The molecule has 0 fully saturated rings. The number of hydrogen-bond acceptors (Lipinski definition) is 4. The molecule has 2 aliphatic rings. The van der Waals surface area contributed by atoms with Crippen molar-refractivity contribution in [2.45, 2.75) is 0 Å². The minimum Gasteiger partial charge on any atom is -0.323 e. The Morgan fingerprint density at radius 3 is 2.69 bits per heavy atom. The van der Waals surface area contributed by atoms with Gasteiger partial charge in [0.15, 0.2) is 5.17 Å². The minimum absolute atomic E-state index is 0.230. The van der Waals surface area contributed by atoms with Gasteiger partial charge in [-0.1, -0.05) is 36.0 Å². The molecule has 0 bridgehead atoms. The number of amidine groups is 1.